The Morgan fingerprint density at radius 1 is 1.24 bits per heavy atom. The third-order valence-electron chi connectivity index (χ3n) is 2.28. The van der Waals surface area contributed by atoms with Gasteiger partial charge in [-0.2, -0.15) is 0 Å². The van der Waals surface area contributed by atoms with Crippen LogP contribution in [0.15, 0.2) is 48.8 Å². The van der Waals surface area contributed by atoms with Gasteiger partial charge in [-0.05, 0) is 35.9 Å². The van der Waals surface area contributed by atoms with Crippen molar-refractivity contribution in [3.8, 4) is 0 Å². The van der Waals surface area contributed by atoms with Gasteiger partial charge in [0.2, 0.25) is 5.91 Å². The predicted octanol–water partition coefficient (Wildman–Crippen LogP) is 1.84. The molecule has 0 fully saturated rings. The van der Waals surface area contributed by atoms with E-state index in [2.05, 4.69) is 10.3 Å². The van der Waals surface area contributed by atoms with E-state index >= 15 is 0 Å². The Balaban J connectivity index is 1.98. The van der Waals surface area contributed by atoms with E-state index in [4.69, 9.17) is 5.73 Å². The number of nitrogens with two attached hydrogens (primary N) is 1. The molecule has 0 aliphatic carbocycles. The van der Waals surface area contributed by atoms with Gasteiger partial charge < -0.3 is 11.1 Å². The Labute approximate surface area is 99.5 Å². The fourth-order valence-electron chi connectivity index (χ4n) is 1.51. The first-order valence-corrected chi connectivity index (χ1v) is 5.28. The Morgan fingerprint density at radius 2 is 2.00 bits per heavy atom. The van der Waals surface area contributed by atoms with E-state index in [1.807, 2.05) is 12.1 Å². The predicted molar refractivity (Wildman–Crippen MR) is 67.4 cm³/mol. The average Bonchev–Trinajstić information content (AvgIpc) is 2.30. The molecule has 17 heavy (non-hydrogen) atoms. The van der Waals surface area contributed by atoms with Gasteiger partial charge in [-0.15, -0.1) is 0 Å². The van der Waals surface area contributed by atoms with Gasteiger partial charge in [0.25, 0.3) is 0 Å². The van der Waals surface area contributed by atoms with Crippen LogP contribution in [0, 0.1) is 0 Å². The second kappa shape index (κ2) is 5.12. The maximum atomic E-state index is 11.7. The molecular formula is C13H13N3O. The SMILES string of the molecule is Nc1cccc(NC(=O)Cc2ccncc2)c1. The Hall–Kier alpha value is -2.36. The first-order valence-electron chi connectivity index (χ1n) is 5.28. The van der Waals surface area contributed by atoms with Crippen LogP contribution in [-0.2, 0) is 11.2 Å². The number of carbonyl (C=O) groups excluding carboxylic acids is 1. The number of hydrogen-bond donors (Lipinski definition) is 2. The van der Waals surface area contributed by atoms with Gasteiger partial charge in [0.05, 0.1) is 6.42 Å². The highest BCUT2D eigenvalue weighted by Crippen LogP contribution is 2.12. The summed E-state index contributed by atoms with van der Waals surface area (Å²) in [7, 11) is 0. The summed E-state index contributed by atoms with van der Waals surface area (Å²) < 4.78 is 0. The fraction of sp³-hybridized carbons (Fsp3) is 0.0769. The molecule has 0 saturated heterocycles. The van der Waals surface area contributed by atoms with E-state index in [0.717, 1.165) is 5.56 Å². The van der Waals surface area contributed by atoms with E-state index < -0.39 is 0 Å². The maximum Gasteiger partial charge on any atom is 0.228 e. The molecule has 2 rings (SSSR count). The first kappa shape index (κ1) is 11.1. The van der Waals surface area contributed by atoms with Crippen molar-refractivity contribution in [2.75, 3.05) is 11.1 Å². The van der Waals surface area contributed by atoms with Crippen LogP contribution in [0.25, 0.3) is 0 Å². The van der Waals surface area contributed by atoms with Crippen LogP contribution in [0.2, 0.25) is 0 Å². The van der Waals surface area contributed by atoms with Crippen LogP contribution < -0.4 is 11.1 Å². The number of aromatic nitrogens is 1. The number of hydrogen-bond acceptors (Lipinski definition) is 3. The van der Waals surface area contributed by atoms with Gasteiger partial charge in [-0.1, -0.05) is 6.07 Å². The van der Waals surface area contributed by atoms with Gasteiger partial charge in [0.15, 0.2) is 0 Å². The maximum absolute atomic E-state index is 11.7. The molecule has 0 bridgehead atoms. The Bertz CT molecular complexity index is 511. The van der Waals surface area contributed by atoms with Crippen molar-refractivity contribution < 1.29 is 4.79 Å². The van der Waals surface area contributed by atoms with E-state index in [9.17, 15) is 4.79 Å². The Morgan fingerprint density at radius 3 is 2.71 bits per heavy atom. The van der Waals surface area contributed by atoms with Gasteiger partial charge >= 0.3 is 0 Å². The number of nitrogen functional groups attached to an aromatic ring is 1. The summed E-state index contributed by atoms with van der Waals surface area (Å²) in [6, 6.07) is 10.7. The molecule has 1 heterocycles. The lowest BCUT2D eigenvalue weighted by molar-refractivity contribution is -0.115. The summed E-state index contributed by atoms with van der Waals surface area (Å²) in [5, 5.41) is 2.79. The highest BCUT2D eigenvalue weighted by molar-refractivity contribution is 5.92. The van der Waals surface area contributed by atoms with Gasteiger partial charge in [-0.25, -0.2) is 0 Å². The molecule has 0 aliphatic rings. The smallest absolute Gasteiger partial charge is 0.228 e. The molecule has 1 aromatic heterocycles. The fourth-order valence-corrected chi connectivity index (χ4v) is 1.51. The minimum absolute atomic E-state index is 0.0678. The van der Waals surface area contributed by atoms with Crippen LogP contribution in [0.5, 0.6) is 0 Å². The van der Waals surface area contributed by atoms with Gasteiger partial charge in [-0.3, -0.25) is 9.78 Å². The highest BCUT2D eigenvalue weighted by Gasteiger charge is 2.03. The van der Waals surface area contributed by atoms with Crippen molar-refractivity contribution in [3.05, 3.63) is 54.4 Å². The molecule has 0 spiro atoms. The zero-order valence-electron chi connectivity index (χ0n) is 9.26. The summed E-state index contributed by atoms with van der Waals surface area (Å²) >= 11 is 0. The van der Waals surface area contributed by atoms with Crippen molar-refractivity contribution in [1.82, 2.24) is 4.98 Å². The van der Waals surface area contributed by atoms with Crippen LogP contribution >= 0.6 is 0 Å². The lowest BCUT2D eigenvalue weighted by Gasteiger charge is -2.05. The summed E-state index contributed by atoms with van der Waals surface area (Å²) in [5.41, 5.74) is 7.90. The van der Waals surface area contributed by atoms with Crippen molar-refractivity contribution >= 4 is 17.3 Å². The minimum Gasteiger partial charge on any atom is -0.399 e. The van der Waals surface area contributed by atoms with E-state index in [1.165, 1.54) is 0 Å². The van der Waals surface area contributed by atoms with E-state index in [-0.39, 0.29) is 5.91 Å². The lowest BCUT2D eigenvalue weighted by atomic mass is 10.2. The van der Waals surface area contributed by atoms with E-state index in [0.29, 0.717) is 17.8 Å². The molecular weight excluding hydrogens is 214 g/mol. The first-order chi connectivity index (χ1) is 8.24. The molecule has 0 unspecified atom stereocenters. The topological polar surface area (TPSA) is 68.0 Å². The van der Waals surface area contributed by atoms with Crippen LogP contribution in [0.1, 0.15) is 5.56 Å². The lowest BCUT2D eigenvalue weighted by Crippen LogP contribution is -2.14. The summed E-state index contributed by atoms with van der Waals surface area (Å²) in [6.07, 6.45) is 3.67. The Kier molecular flexibility index (Phi) is 3.35. The third-order valence-corrected chi connectivity index (χ3v) is 2.28. The molecule has 1 amide bonds. The normalized spacial score (nSPS) is 9.88. The number of anilines is 2. The molecule has 4 nitrogen and oxygen atoms in total. The number of carbonyl (C=O) groups is 1. The zero-order valence-corrected chi connectivity index (χ0v) is 9.26. The average molecular weight is 227 g/mol. The second-order valence-corrected chi connectivity index (χ2v) is 3.71. The largest absolute Gasteiger partial charge is 0.399 e. The summed E-state index contributed by atoms with van der Waals surface area (Å²) in [4.78, 5) is 15.6. The molecule has 2 aromatic rings. The van der Waals surface area contributed by atoms with Crippen LogP contribution in [0.3, 0.4) is 0 Å². The number of pyridine rings is 1. The molecule has 0 atom stereocenters. The van der Waals surface area contributed by atoms with Crippen molar-refractivity contribution in [1.29, 1.82) is 0 Å². The quantitative estimate of drug-likeness (QED) is 0.786. The van der Waals surface area contributed by atoms with Crippen molar-refractivity contribution in [3.63, 3.8) is 0 Å². The van der Waals surface area contributed by atoms with Crippen molar-refractivity contribution in [2.24, 2.45) is 0 Å². The molecule has 1 aromatic carbocycles. The van der Waals surface area contributed by atoms with Gasteiger partial charge in [0.1, 0.15) is 0 Å². The monoisotopic (exact) mass is 227 g/mol. The molecule has 4 heteroatoms. The molecule has 0 aliphatic heterocycles. The second-order valence-electron chi connectivity index (χ2n) is 3.71. The number of rotatable bonds is 3. The minimum atomic E-state index is -0.0678. The number of benzene rings is 1. The molecule has 86 valence electrons. The standard InChI is InChI=1S/C13H13N3O/c14-11-2-1-3-12(9-11)16-13(17)8-10-4-6-15-7-5-10/h1-7,9H,8,14H2,(H,16,17). The van der Waals surface area contributed by atoms with E-state index in [1.54, 1.807) is 36.7 Å². The van der Waals surface area contributed by atoms with Crippen molar-refractivity contribution in [2.45, 2.75) is 6.42 Å². The van der Waals surface area contributed by atoms with Crippen LogP contribution in [0.4, 0.5) is 11.4 Å². The number of amides is 1. The number of nitrogens with one attached hydrogen (secondary N) is 1. The molecule has 3 N–H and O–H groups in total. The van der Waals surface area contributed by atoms with Crippen LogP contribution in [-0.4, -0.2) is 10.9 Å². The third kappa shape index (κ3) is 3.31. The summed E-state index contributed by atoms with van der Waals surface area (Å²) in [6.45, 7) is 0. The zero-order chi connectivity index (χ0) is 12.1. The number of nitrogens with zero attached hydrogens (tertiary/aromatic N) is 1. The molecule has 0 radical (unpaired) electrons. The van der Waals surface area contributed by atoms with Gasteiger partial charge in [0, 0.05) is 23.8 Å². The summed E-state index contributed by atoms with van der Waals surface area (Å²) in [5.74, 6) is -0.0678. The highest BCUT2D eigenvalue weighted by atomic mass is 16.1. The molecule has 0 saturated carbocycles.